The monoisotopic (exact) mass is 181 g/mol. The van der Waals surface area contributed by atoms with Crippen LogP contribution in [0.25, 0.3) is 0 Å². The number of hydrogen-bond acceptors (Lipinski definition) is 3. The van der Waals surface area contributed by atoms with Crippen LogP contribution in [-0.2, 0) is 16.8 Å². The van der Waals surface area contributed by atoms with E-state index in [0.717, 1.165) is 18.4 Å². The molecule has 1 aromatic heterocycles. The lowest BCUT2D eigenvalue weighted by atomic mass is 9.82. The maximum atomic E-state index is 11.0. The van der Waals surface area contributed by atoms with Gasteiger partial charge in [-0.1, -0.05) is 0 Å². The van der Waals surface area contributed by atoms with Gasteiger partial charge in [0, 0.05) is 0 Å². The fourth-order valence-electron chi connectivity index (χ4n) is 1.80. The van der Waals surface area contributed by atoms with Crippen molar-refractivity contribution in [3.8, 4) is 0 Å². The van der Waals surface area contributed by atoms with Crippen molar-refractivity contribution in [2.24, 2.45) is 5.73 Å². The fourth-order valence-corrected chi connectivity index (χ4v) is 1.80. The van der Waals surface area contributed by atoms with Crippen LogP contribution < -0.4 is 5.73 Å². The highest BCUT2D eigenvalue weighted by Gasteiger charge is 2.42. The molecule has 0 aromatic carbocycles. The molecule has 0 fully saturated rings. The van der Waals surface area contributed by atoms with Crippen molar-refractivity contribution in [2.45, 2.75) is 24.8 Å². The van der Waals surface area contributed by atoms with E-state index in [1.54, 1.807) is 6.07 Å². The molecule has 4 nitrogen and oxygen atoms in total. The van der Waals surface area contributed by atoms with Crippen molar-refractivity contribution in [3.05, 3.63) is 23.7 Å². The summed E-state index contributed by atoms with van der Waals surface area (Å²) in [6.07, 6.45) is 3.61. The molecule has 70 valence electrons. The second-order valence-corrected chi connectivity index (χ2v) is 3.41. The van der Waals surface area contributed by atoms with E-state index >= 15 is 0 Å². The van der Waals surface area contributed by atoms with Gasteiger partial charge in [0.15, 0.2) is 5.54 Å². The lowest BCUT2D eigenvalue weighted by molar-refractivity contribution is -0.145. The van der Waals surface area contributed by atoms with Crippen LogP contribution in [0.2, 0.25) is 0 Å². The van der Waals surface area contributed by atoms with Gasteiger partial charge in [-0.15, -0.1) is 0 Å². The summed E-state index contributed by atoms with van der Waals surface area (Å²) in [5, 5.41) is 8.98. The number of fused-ring (bicyclic) bond motifs is 1. The highest BCUT2D eigenvalue weighted by molar-refractivity contribution is 5.80. The molecule has 0 amide bonds. The van der Waals surface area contributed by atoms with Crippen LogP contribution in [-0.4, -0.2) is 11.1 Å². The number of hydrogen-bond donors (Lipinski definition) is 2. The molecule has 0 bridgehead atoms. The van der Waals surface area contributed by atoms with Crippen LogP contribution in [0.1, 0.15) is 24.2 Å². The van der Waals surface area contributed by atoms with Crippen molar-refractivity contribution < 1.29 is 14.3 Å². The molecular formula is C9H11NO3. The van der Waals surface area contributed by atoms with Gasteiger partial charge >= 0.3 is 5.97 Å². The first kappa shape index (κ1) is 8.31. The Balaban J connectivity index is 2.51. The van der Waals surface area contributed by atoms with Gasteiger partial charge in [-0.3, -0.25) is 0 Å². The molecule has 1 aliphatic rings. The molecular weight excluding hydrogens is 170 g/mol. The largest absolute Gasteiger partial charge is 0.480 e. The quantitative estimate of drug-likeness (QED) is 0.673. The van der Waals surface area contributed by atoms with Crippen LogP contribution in [0.5, 0.6) is 0 Å². The van der Waals surface area contributed by atoms with Crippen molar-refractivity contribution in [3.63, 3.8) is 0 Å². The zero-order valence-electron chi connectivity index (χ0n) is 7.12. The average molecular weight is 181 g/mol. The number of carbonyl (C=O) groups is 1. The number of rotatable bonds is 1. The van der Waals surface area contributed by atoms with Gasteiger partial charge in [0.05, 0.1) is 6.26 Å². The van der Waals surface area contributed by atoms with E-state index < -0.39 is 11.5 Å². The van der Waals surface area contributed by atoms with E-state index in [9.17, 15) is 4.79 Å². The Morgan fingerprint density at radius 3 is 3.15 bits per heavy atom. The third-order valence-electron chi connectivity index (χ3n) is 2.55. The van der Waals surface area contributed by atoms with Crippen LogP contribution in [0.15, 0.2) is 16.7 Å². The first-order valence-corrected chi connectivity index (χ1v) is 4.24. The Hall–Kier alpha value is -1.29. The molecule has 1 aromatic rings. The first-order chi connectivity index (χ1) is 6.14. The molecule has 3 N–H and O–H groups in total. The lowest BCUT2D eigenvalue weighted by Gasteiger charge is -2.27. The average Bonchev–Trinajstić information content (AvgIpc) is 2.53. The topological polar surface area (TPSA) is 76.5 Å². The number of carboxylic acid groups (broad SMARTS) is 1. The van der Waals surface area contributed by atoms with Crippen molar-refractivity contribution >= 4 is 5.97 Å². The Kier molecular flexibility index (Phi) is 1.66. The van der Waals surface area contributed by atoms with Crippen LogP contribution in [0.3, 0.4) is 0 Å². The molecule has 1 aliphatic carbocycles. The summed E-state index contributed by atoms with van der Waals surface area (Å²) in [5.74, 6) is -0.588. The molecule has 0 saturated heterocycles. The summed E-state index contributed by atoms with van der Waals surface area (Å²) in [5.41, 5.74) is 5.38. The van der Waals surface area contributed by atoms with E-state index in [2.05, 4.69) is 0 Å². The van der Waals surface area contributed by atoms with Gasteiger partial charge in [0.2, 0.25) is 0 Å². The molecule has 0 aliphatic heterocycles. The van der Waals surface area contributed by atoms with Crippen molar-refractivity contribution in [1.29, 1.82) is 0 Å². The third-order valence-corrected chi connectivity index (χ3v) is 2.55. The summed E-state index contributed by atoms with van der Waals surface area (Å²) in [4.78, 5) is 11.0. The number of aryl methyl sites for hydroxylation is 1. The van der Waals surface area contributed by atoms with E-state index in [1.165, 1.54) is 6.26 Å². The smallest absolute Gasteiger partial charge is 0.331 e. The van der Waals surface area contributed by atoms with E-state index in [0.29, 0.717) is 12.2 Å². The van der Waals surface area contributed by atoms with Crippen LogP contribution in [0, 0.1) is 0 Å². The SMILES string of the molecule is NC1(C(=O)O)CCCc2ccoc21. The standard InChI is InChI=1S/C9H11NO3/c10-9(8(11)12)4-1-2-6-3-5-13-7(6)9/h3,5H,1-2,4,10H2,(H,11,12). The van der Waals surface area contributed by atoms with Gasteiger partial charge < -0.3 is 15.3 Å². The van der Waals surface area contributed by atoms with Crippen LogP contribution in [0.4, 0.5) is 0 Å². The Morgan fingerprint density at radius 1 is 1.69 bits per heavy atom. The van der Waals surface area contributed by atoms with Crippen LogP contribution >= 0.6 is 0 Å². The molecule has 1 atom stereocenters. The van der Waals surface area contributed by atoms with E-state index in [1.807, 2.05) is 0 Å². The highest BCUT2D eigenvalue weighted by Crippen LogP contribution is 2.34. The molecule has 1 heterocycles. The van der Waals surface area contributed by atoms with Gasteiger partial charge in [0.25, 0.3) is 0 Å². The Morgan fingerprint density at radius 2 is 2.46 bits per heavy atom. The fraction of sp³-hybridized carbons (Fsp3) is 0.444. The Bertz CT molecular complexity index is 344. The lowest BCUT2D eigenvalue weighted by Crippen LogP contribution is -2.46. The second-order valence-electron chi connectivity index (χ2n) is 3.41. The number of nitrogens with two attached hydrogens (primary N) is 1. The number of carboxylic acids is 1. The van der Waals surface area contributed by atoms with Crippen molar-refractivity contribution in [1.82, 2.24) is 0 Å². The summed E-state index contributed by atoms with van der Waals surface area (Å²) in [7, 11) is 0. The van der Waals surface area contributed by atoms with E-state index in [-0.39, 0.29) is 0 Å². The normalized spacial score (nSPS) is 26.8. The molecule has 0 saturated carbocycles. The van der Waals surface area contributed by atoms with E-state index in [4.69, 9.17) is 15.3 Å². The predicted octanol–water partition coefficient (Wildman–Crippen LogP) is 0.854. The highest BCUT2D eigenvalue weighted by atomic mass is 16.4. The van der Waals surface area contributed by atoms with Crippen molar-refractivity contribution in [2.75, 3.05) is 0 Å². The number of furan rings is 1. The molecule has 0 radical (unpaired) electrons. The summed E-state index contributed by atoms with van der Waals surface area (Å²) in [6.45, 7) is 0. The summed E-state index contributed by atoms with van der Waals surface area (Å²) < 4.78 is 5.13. The molecule has 13 heavy (non-hydrogen) atoms. The molecule has 4 heteroatoms. The first-order valence-electron chi connectivity index (χ1n) is 4.24. The summed E-state index contributed by atoms with van der Waals surface area (Å²) in [6, 6.07) is 1.79. The minimum absolute atomic E-state index is 0.422. The van der Waals surface area contributed by atoms with Gasteiger partial charge in [0.1, 0.15) is 5.76 Å². The zero-order valence-corrected chi connectivity index (χ0v) is 7.12. The summed E-state index contributed by atoms with van der Waals surface area (Å²) >= 11 is 0. The van der Waals surface area contributed by atoms with Gasteiger partial charge in [-0.25, -0.2) is 4.79 Å². The molecule has 0 spiro atoms. The van der Waals surface area contributed by atoms with Gasteiger partial charge in [-0.2, -0.15) is 0 Å². The molecule has 2 rings (SSSR count). The third kappa shape index (κ3) is 1.06. The van der Waals surface area contributed by atoms with Gasteiger partial charge in [-0.05, 0) is 30.9 Å². The second kappa shape index (κ2) is 2.60. The maximum absolute atomic E-state index is 11.0. The maximum Gasteiger partial charge on any atom is 0.331 e. The molecule has 1 unspecified atom stereocenters. The zero-order chi connectivity index (χ0) is 9.47. The minimum Gasteiger partial charge on any atom is -0.480 e. The Labute approximate surface area is 75.3 Å². The number of aliphatic carboxylic acids is 1. The predicted molar refractivity (Wildman–Crippen MR) is 45.1 cm³/mol. The minimum atomic E-state index is -1.31.